The number of hydrogen-bond acceptors (Lipinski definition) is 4. The summed E-state index contributed by atoms with van der Waals surface area (Å²) in [6, 6.07) is 12.8. The van der Waals surface area contributed by atoms with Gasteiger partial charge in [-0.3, -0.25) is 14.4 Å². The fourth-order valence-corrected chi connectivity index (χ4v) is 2.80. The Morgan fingerprint density at radius 2 is 1.50 bits per heavy atom. The molecule has 0 atom stereocenters. The van der Waals surface area contributed by atoms with Gasteiger partial charge in [0.1, 0.15) is 0 Å². The molecule has 0 radical (unpaired) electrons. The third kappa shape index (κ3) is 7.15. The lowest BCUT2D eigenvalue weighted by atomic mass is 10.1. The summed E-state index contributed by atoms with van der Waals surface area (Å²) in [5.74, 6) is -1.08. The minimum Gasteiger partial charge on any atom is -0.456 e. The zero-order valence-electron chi connectivity index (χ0n) is 15.9. The van der Waals surface area contributed by atoms with Gasteiger partial charge < -0.3 is 15.4 Å². The Bertz CT molecular complexity index is 830. The van der Waals surface area contributed by atoms with Crippen LogP contribution in [0.25, 0.3) is 0 Å². The highest BCUT2D eigenvalue weighted by Gasteiger charge is 2.11. The van der Waals surface area contributed by atoms with Gasteiger partial charge in [-0.2, -0.15) is 0 Å². The standard InChI is InChI=1S/C21H23BrN2O4/c1-14-11-17(12-15(2)21(14)22)24-19(26)13-28-20(27)10-6-9-18(25)23-16-7-4-3-5-8-16/h3-5,7-8,11-12H,6,9-10,13H2,1-2H3,(H,23,25)(H,24,26). The summed E-state index contributed by atoms with van der Waals surface area (Å²) < 4.78 is 5.96. The van der Waals surface area contributed by atoms with E-state index < -0.39 is 11.9 Å². The van der Waals surface area contributed by atoms with Gasteiger partial charge in [-0.1, -0.05) is 34.1 Å². The van der Waals surface area contributed by atoms with Crippen molar-refractivity contribution in [2.24, 2.45) is 0 Å². The van der Waals surface area contributed by atoms with Gasteiger partial charge in [0.25, 0.3) is 5.91 Å². The van der Waals surface area contributed by atoms with Crippen molar-refractivity contribution in [3.8, 4) is 0 Å². The smallest absolute Gasteiger partial charge is 0.306 e. The second-order valence-corrected chi connectivity index (χ2v) is 7.19. The van der Waals surface area contributed by atoms with Crippen LogP contribution in [0.1, 0.15) is 30.4 Å². The summed E-state index contributed by atoms with van der Waals surface area (Å²) in [5.41, 5.74) is 3.36. The van der Waals surface area contributed by atoms with E-state index in [4.69, 9.17) is 4.74 Å². The van der Waals surface area contributed by atoms with E-state index in [0.717, 1.165) is 15.6 Å². The van der Waals surface area contributed by atoms with E-state index in [0.29, 0.717) is 17.8 Å². The Morgan fingerprint density at radius 3 is 2.14 bits per heavy atom. The first-order chi connectivity index (χ1) is 13.3. The molecule has 0 saturated carbocycles. The highest BCUT2D eigenvalue weighted by atomic mass is 79.9. The lowest BCUT2D eigenvalue weighted by Gasteiger charge is -2.10. The number of anilines is 2. The van der Waals surface area contributed by atoms with Crippen LogP contribution in [-0.2, 0) is 19.1 Å². The second-order valence-electron chi connectivity index (χ2n) is 6.40. The number of ether oxygens (including phenoxy) is 1. The largest absolute Gasteiger partial charge is 0.456 e. The summed E-state index contributed by atoms with van der Waals surface area (Å²) in [6.45, 7) is 3.50. The quantitative estimate of drug-likeness (QED) is 0.590. The monoisotopic (exact) mass is 446 g/mol. The molecule has 28 heavy (non-hydrogen) atoms. The third-order valence-electron chi connectivity index (χ3n) is 3.93. The van der Waals surface area contributed by atoms with E-state index in [1.807, 2.05) is 44.2 Å². The van der Waals surface area contributed by atoms with Crippen LogP contribution < -0.4 is 10.6 Å². The molecule has 2 N–H and O–H groups in total. The number of benzene rings is 2. The van der Waals surface area contributed by atoms with Crippen LogP contribution >= 0.6 is 15.9 Å². The van der Waals surface area contributed by atoms with Crippen LogP contribution in [-0.4, -0.2) is 24.4 Å². The maximum atomic E-state index is 11.9. The number of nitrogens with one attached hydrogen (secondary N) is 2. The molecular weight excluding hydrogens is 424 g/mol. The SMILES string of the molecule is Cc1cc(NC(=O)COC(=O)CCCC(=O)Nc2ccccc2)cc(C)c1Br. The molecule has 0 spiro atoms. The first-order valence-corrected chi connectivity index (χ1v) is 9.71. The first-order valence-electron chi connectivity index (χ1n) is 8.92. The van der Waals surface area contributed by atoms with Crippen LogP contribution in [0.4, 0.5) is 11.4 Å². The number of amides is 2. The van der Waals surface area contributed by atoms with E-state index in [1.54, 1.807) is 12.1 Å². The van der Waals surface area contributed by atoms with Crippen LogP contribution in [0.5, 0.6) is 0 Å². The van der Waals surface area contributed by atoms with Crippen molar-refractivity contribution in [1.82, 2.24) is 0 Å². The summed E-state index contributed by atoms with van der Waals surface area (Å²) in [4.78, 5) is 35.5. The van der Waals surface area contributed by atoms with Gasteiger partial charge >= 0.3 is 5.97 Å². The normalized spacial score (nSPS) is 10.2. The predicted molar refractivity (Wildman–Crippen MR) is 112 cm³/mol. The minimum absolute atomic E-state index is 0.0754. The number of carbonyl (C=O) groups is 3. The van der Waals surface area contributed by atoms with E-state index in [1.165, 1.54) is 0 Å². The van der Waals surface area contributed by atoms with Crippen molar-refractivity contribution in [2.75, 3.05) is 17.2 Å². The van der Waals surface area contributed by atoms with Crippen molar-refractivity contribution in [3.05, 3.63) is 58.1 Å². The van der Waals surface area contributed by atoms with Gasteiger partial charge in [-0.15, -0.1) is 0 Å². The predicted octanol–water partition coefficient (Wildman–Crippen LogP) is 4.36. The molecule has 0 saturated heterocycles. The molecular formula is C21H23BrN2O4. The molecule has 2 aromatic carbocycles. The Balaban J connectivity index is 1.66. The number of carbonyl (C=O) groups excluding carboxylic acids is 3. The maximum Gasteiger partial charge on any atom is 0.306 e. The molecule has 0 fully saturated rings. The lowest BCUT2D eigenvalue weighted by Crippen LogP contribution is -2.21. The van der Waals surface area contributed by atoms with Crippen LogP contribution in [0.2, 0.25) is 0 Å². The zero-order chi connectivity index (χ0) is 20.5. The molecule has 0 aliphatic rings. The molecule has 2 aromatic rings. The van der Waals surface area contributed by atoms with Gasteiger partial charge in [0.05, 0.1) is 0 Å². The van der Waals surface area contributed by atoms with E-state index in [2.05, 4.69) is 26.6 Å². The fraction of sp³-hybridized carbons (Fsp3) is 0.286. The van der Waals surface area contributed by atoms with Crippen molar-refractivity contribution < 1.29 is 19.1 Å². The Kier molecular flexibility index (Phi) is 8.19. The number of hydrogen-bond donors (Lipinski definition) is 2. The van der Waals surface area contributed by atoms with Gasteiger partial charge in [0, 0.05) is 28.7 Å². The third-order valence-corrected chi connectivity index (χ3v) is 5.18. The molecule has 0 aliphatic heterocycles. The van der Waals surface area contributed by atoms with Crippen LogP contribution in [0.3, 0.4) is 0 Å². The number of aryl methyl sites for hydroxylation is 2. The van der Waals surface area contributed by atoms with E-state index in [9.17, 15) is 14.4 Å². The first kappa shape index (κ1) is 21.6. The highest BCUT2D eigenvalue weighted by Crippen LogP contribution is 2.24. The average molecular weight is 447 g/mol. The van der Waals surface area contributed by atoms with Crippen molar-refractivity contribution in [1.29, 1.82) is 0 Å². The Morgan fingerprint density at radius 1 is 0.893 bits per heavy atom. The van der Waals surface area contributed by atoms with E-state index >= 15 is 0 Å². The summed E-state index contributed by atoms with van der Waals surface area (Å²) in [5, 5.41) is 5.45. The number of halogens is 1. The maximum absolute atomic E-state index is 11.9. The number of rotatable bonds is 8. The fourth-order valence-electron chi connectivity index (χ4n) is 2.57. The second kappa shape index (κ2) is 10.6. The molecule has 0 heterocycles. The van der Waals surface area contributed by atoms with Crippen LogP contribution in [0, 0.1) is 13.8 Å². The van der Waals surface area contributed by atoms with E-state index in [-0.39, 0.29) is 25.4 Å². The molecule has 148 valence electrons. The molecule has 0 unspecified atom stereocenters. The Labute approximate surface area is 172 Å². The van der Waals surface area contributed by atoms with Gasteiger partial charge in [-0.05, 0) is 55.7 Å². The molecule has 0 bridgehead atoms. The molecule has 6 nitrogen and oxygen atoms in total. The number of esters is 1. The van der Waals surface area contributed by atoms with Crippen molar-refractivity contribution in [3.63, 3.8) is 0 Å². The van der Waals surface area contributed by atoms with Crippen molar-refractivity contribution in [2.45, 2.75) is 33.1 Å². The molecule has 0 aliphatic carbocycles. The topological polar surface area (TPSA) is 84.5 Å². The highest BCUT2D eigenvalue weighted by molar-refractivity contribution is 9.10. The molecule has 2 rings (SSSR count). The Hall–Kier alpha value is -2.67. The van der Waals surface area contributed by atoms with Crippen molar-refractivity contribution >= 4 is 45.1 Å². The average Bonchev–Trinajstić information content (AvgIpc) is 2.65. The minimum atomic E-state index is -0.508. The van der Waals surface area contributed by atoms with Gasteiger partial charge in [0.15, 0.2) is 6.61 Å². The summed E-state index contributed by atoms with van der Waals surface area (Å²) >= 11 is 3.47. The van der Waals surface area contributed by atoms with Gasteiger partial charge in [0.2, 0.25) is 5.91 Å². The molecule has 2 amide bonds. The zero-order valence-corrected chi connectivity index (χ0v) is 17.5. The summed E-state index contributed by atoms with van der Waals surface area (Å²) in [6.07, 6.45) is 0.629. The number of para-hydroxylation sites is 1. The lowest BCUT2D eigenvalue weighted by molar-refractivity contribution is -0.147. The van der Waals surface area contributed by atoms with Gasteiger partial charge in [-0.25, -0.2) is 0 Å². The summed E-state index contributed by atoms with van der Waals surface area (Å²) in [7, 11) is 0. The molecule has 7 heteroatoms. The van der Waals surface area contributed by atoms with Crippen LogP contribution in [0.15, 0.2) is 46.9 Å². The molecule has 0 aromatic heterocycles.